The van der Waals surface area contributed by atoms with Gasteiger partial charge in [0.1, 0.15) is 5.82 Å². The summed E-state index contributed by atoms with van der Waals surface area (Å²) in [6, 6.07) is 5.29. The van der Waals surface area contributed by atoms with Crippen molar-refractivity contribution in [3.63, 3.8) is 0 Å². The summed E-state index contributed by atoms with van der Waals surface area (Å²) in [6.07, 6.45) is 5.04. The van der Waals surface area contributed by atoms with Gasteiger partial charge < -0.3 is 10.6 Å². The summed E-state index contributed by atoms with van der Waals surface area (Å²) < 4.78 is 13.3. The molecule has 0 aromatic heterocycles. The Bertz CT molecular complexity index is 372. The lowest BCUT2D eigenvalue weighted by atomic mass is 9.85. The first-order valence-electron chi connectivity index (χ1n) is 6.37. The third kappa shape index (κ3) is 2.71. The van der Waals surface area contributed by atoms with Gasteiger partial charge >= 0.3 is 0 Å². The van der Waals surface area contributed by atoms with E-state index >= 15 is 0 Å². The van der Waals surface area contributed by atoms with Crippen molar-refractivity contribution < 1.29 is 4.39 Å². The molecule has 0 amide bonds. The standard InChI is InChI=1S/C14H21FN2/c1-10-5-3-4-6-14(10)17(2)13-8-11(15)7-12(16)9-13/h7-10,14H,3-6,16H2,1-2H3. The summed E-state index contributed by atoms with van der Waals surface area (Å²) in [5.74, 6) is 0.411. The van der Waals surface area contributed by atoms with Gasteiger partial charge in [0.05, 0.1) is 0 Å². The minimum Gasteiger partial charge on any atom is -0.399 e. The molecular formula is C14H21FN2. The molecule has 3 heteroatoms. The summed E-state index contributed by atoms with van der Waals surface area (Å²) >= 11 is 0. The predicted molar refractivity (Wildman–Crippen MR) is 70.6 cm³/mol. The lowest BCUT2D eigenvalue weighted by molar-refractivity contribution is 0.321. The van der Waals surface area contributed by atoms with Gasteiger partial charge in [-0.15, -0.1) is 0 Å². The molecule has 0 bridgehead atoms. The van der Waals surface area contributed by atoms with Crippen molar-refractivity contribution in [2.45, 2.75) is 38.6 Å². The van der Waals surface area contributed by atoms with Crippen LogP contribution in [0.1, 0.15) is 32.6 Å². The van der Waals surface area contributed by atoms with E-state index in [0.29, 0.717) is 17.6 Å². The van der Waals surface area contributed by atoms with Crippen LogP contribution in [-0.2, 0) is 0 Å². The van der Waals surface area contributed by atoms with Gasteiger partial charge in [0, 0.05) is 24.5 Å². The molecule has 0 radical (unpaired) electrons. The van der Waals surface area contributed by atoms with Crippen molar-refractivity contribution in [1.29, 1.82) is 0 Å². The van der Waals surface area contributed by atoms with Crippen molar-refractivity contribution in [2.75, 3.05) is 17.7 Å². The smallest absolute Gasteiger partial charge is 0.127 e. The van der Waals surface area contributed by atoms with E-state index in [1.165, 1.54) is 31.7 Å². The van der Waals surface area contributed by atoms with E-state index in [1.54, 1.807) is 6.07 Å². The Balaban J connectivity index is 2.20. The third-order valence-electron chi connectivity index (χ3n) is 3.88. The zero-order chi connectivity index (χ0) is 12.4. The van der Waals surface area contributed by atoms with E-state index in [4.69, 9.17) is 5.73 Å². The van der Waals surface area contributed by atoms with Gasteiger partial charge in [0.15, 0.2) is 0 Å². The second kappa shape index (κ2) is 4.94. The van der Waals surface area contributed by atoms with E-state index in [2.05, 4.69) is 11.8 Å². The normalized spacial score (nSPS) is 24.6. The van der Waals surface area contributed by atoms with Gasteiger partial charge in [-0.1, -0.05) is 19.8 Å². The molecule has 0 saturated heterocycles. The molecule has 17 heavy (non-hydrogen) atoms. The fourth-order valence-corrected chi connectivity index (χ4v) is 2.86. The zero-order valence-corrected chi connectivity index (χ0v) is 10.6. The molecule has 1 aliphatic carbocycles. The maximum absolute atomic E-state index is 13.3. The Morgan fingerprint density at radius 1 is 1.24 bits per heavy atom. The van der Waals surface area contributed by atoms with Gasteiger partial charge in [-0.2, -0.15) is 0 Å². The molecule has 2 N–H and O–H groups in total. The second-order valence-electron chi connectivity index (χ2n) is 5.18. The summed E-state index contributed by atoms with van der Waals surface area (Å²) in [6.45, 7) is 2.28. The highest BCUT2D eigenvalue weighted by Gasteiger charge is 2.25. The number of nitrogen functional groups attached to an aromatic ring is 1. The largest absolute Gasteiger partial charge is 0.399 e. The maximum atomic E-state index is 13.3. The first-order valence-corrected chi connectivity index (χ1v) is 6.37. The van der Waals surface area contributed by atoms with Crippen LogP contribution in [0.2, 0.25) is 0 Å². The topological polar surface area (TPSA) is 29.3 Å². The average Bonchev–Trinajstić information content (AvgIpc) is 2.27. The molecule has 1 aromatic rings. The van der Waals surface area contributed by atoms with Crippen LogP contribution in [-0.4, -0.2) is 13.1 Å². The predicted octanol–water partition coefficient (Wildman–Crippen LogP) is 3.42. The number of nitrogens with two attached hydrogens (primary N) is 1. The summed E-state index contributed by atoms with van der Waals surface area (Å²) in [7, 11) is 2.04. The molecular weight excluding hydrogens is 215 g/mol. The number of anilines is 2. The Hall–Kier alpha value is -1.25. The van der Waals surface area contributed by atoms with Crippen LogP contribution in [0.15, 0.2) is 18.2 Å². The van der Waals surface area contributed by atoms with Crippen molar-refractivity contribution >= 4 is 11.4 Å². The fourth-order valence-electron chi connectivity index (χ4n) is 2.86. The van der Waals surface area contributed by atoms with Gasteiger partial charge in [0.2, 0.25) is 0 Å². The number of nitrogens with zero attached hydrogens (tertiary/aromatic N) is 1. The number of hydrogen-bond acceptors (Lipinski definition) is 2. The first-order chi connectivity index (χ1) is 8.08. The number of rotatable bonds is 2. The molecule has 94 valence electrons. The van der Waals surface area contributed by atoms with Crippen LogP contribution < -0.4 is 10.6 Å². The average molecular weight is 236 g/mol. The van der Waals surface area contributed by atoms with Gasteiger partial charge in [0.25, 0.3) is 0 Å². The SMILES string of the molecule is CC1CCCCC1N(C)c1cc(N)cc(F)c1. The lowest BCUT2D eigenvalue weighted by Gasteiger charge is -2.37. The van der Waals surface area contributed by atoms with Crippen molar-refractivity contribution in [3.05, 3.63) is 24.0 Å². The Labute approximate surface area is 103 Å². The molecule has 0 aliphatic heterocycles. The molecule has 1 aliphatic rings. The second-order valence-corrected chi connectivity index (χ2v) is 5.18. The van der Waals surface area contributed by atoms with Crippen LogP contribution >= 0.6 is 0 Å². The van der Waals surface area contributed by atoms with Crippen LogP contribution in [0.4, 0.5) is 15.8 Å². The van der Waals surface area contributed by atoms with E-state index in [0.717, 1.165) is 5.69 Å². The van der Waals surface area contributed by atoms with Gasteiger partial charge in [-0.25, -0.2) is 4.39 Å². The highest BCUT2D eigenvalue weighted by molar-refractivity contribution is 5.56. The van der Waals surface area contributed by atoms with Crippen molar-refractivity contribution in [2.24, 2.45) is 5.92 Å². The van der Waals surface area contributed by atoms with E-state index in [9.17, 15) is 4.39 Å². The van der Waals surface area contributed by atoms with E-state index in [-0.39, 0.29) is 5.82 Å². The Morgan fingerprint density at radius 2 is 1.94 bits per heavy atom. The third-order valence-corrected chi connectivity index (χ3v) is 3.88. The van der Waals surface area contributed by atoms with Gasteiger partial charge in [-0.05, 0) is 37.0 Å². The van der Waals surface area contributed by atoms with Crippen LogP contribution in [0, 0.1) is 11.7 Å². The summed E-state index contributed by atoms with van der Waals surface area (Å²) in [4.78, 5) is 2.18. The highest BCUT2D eigenvalue weighted by Crippen LogP contribution is 2.31. The fraction of sp³-hybridized carbons (Fsp3) is 0.571. The van der Waals surface area contributed by atoms with E-state index < -0.39 is 0 Å². The molecule has 1 aromatic carbocycles. The Morgan fingerprint density at radius 3 is 2.59 bits per heavy atom. The zero-order valence-electron chi connectivity index (χ0n) is 10.6. The molecule has 1 fully saturated rings. The highest BCUT2D eigenvalue weighted by atomic mass is 19.1. The van der Waals surface area contributed by atoms with Crippen LogP contribution in [0.3, 0.4) is 0 Å². The molecule has 2 unspecified atom stereocenters. The molecule has 2 nitrogen and oxygen atoms in total. The Kier molecular flexibility index (Phi) is 3.55. The molecule has 2 rings (SSSR count). The number of benzene rings is 1. The minimum absolute atomic E-state index is 0.254. The quantitative estimate of drug-likeness (QED) is 0.797. The van der Waals surface area contributed by atoms with Crippen molar-refractivity contribution in [3.8, 4) is 0 Å². The monoisotopic (exact) mass is 236 g/mol. The summed E-state index contributed by atoms with van der Waals surface area (Å²) in [5.41, 5.74) is 7.08. The first kappa shape index (κ1) is 12.2. The minimum atomic E-state index is -0.254. The molecule has 1 saturated carbocycles. The number of halogens is 1. The van der Waals surface area contributed by atoms with Gasteiger partial charge in [-0.3, -0.25) is 0 Å². The van der Waals surface area contributed by atoms with Crippen molar-refractivity contribution in [1.82, 2.24) is 0 Å². The molecule has 2 atom stereocenters. The molecule has 0 heterocycles. The van der Waals surface area contributed by atoms with Crippen LogP contribution in [0.5, 0.6) is 0 Å². The molecule has 0 spiro atoms. The van der Waals surface area contributed by atoms with Crippen LogP contribution in [0.25, 0.3) is 0 Å². The lowest BCUT2D eigenvalue weighted by Crippen LogP contribution is -2.39. The summed E-state index contributed by atoms with van der Waals surface area (Å²) in [5, 5.41) is 0. The number of hydrogen-bond donors (Lipinski definition) is 1. The maximum Gasteiger partial charge on any atom is 0.127 e. The van der Waals surface area contributed by atoms with E-state index in [1.807, 2.05) is 13.1 Å².